The van der Waals surface area contributed by atoms with Crippen molar-refractivity contribution in [3.05, 3.63) is 36.0 Å². The van der Waals surface area contributed by atoms with Crippen LogP contribution in [0, 0.1) is 29.6 Å². The van der Waals surface area contributed by atoms with Gasteiger partial charge in [-0.3, -0.25) is 14.5 Å². The van der Waals surface area contributed by atoms with Crippen LogP contribution in [0.25, 0.3) is 10.9 Å². The highest BCUT2D eigenvalue weighted by molar-refractivity contribution is 6.04. The highest BCUT2D eigenvalue weighted by Gasteiger charge is 2.49. The van der Waals surface area contributed by atoms with Gasteiger partial charge in [-0.15, -0.1) is 0 Å². The normalized spacial score (nSPS) is 30.3. The van der Waals surface area contributed by atoms with Crippen molar-refractivity contribution >= 4 is 22.7 Å². The predicted molar refractivity (Wildman–Crippen MR) is 133 cm³/mol. The third-order valence-electron chi connectivity index (χ3n) is 8.92. The van der Waals surface area contributed by atoms with E-state index in [-0.39, 0.29) is 29.6 Å². The predicted octanol–water partition coefficient (Wildman–Crippen LogP) is 4.01. The zero-order valence-corrected chi connectivity index (χ0v) is 20.7. The molecular formula is C28H39N3O3. The second-order valence-corrected chi connectivity index (χ2v) is 11.3. The number of imide groups is 1. The minimum atomic E-state index is -0.461. The summed E-state index contributed by atoms with van der Waals surface area (Å²) < 4.78 is 0. The van der Waals surface area contributed by atoms with E-state index >= 15 is 0 Å². The summed E-state index contributed by atoms with van der Waals surface area (Å²) in [4.78, 5) is 33.4. The zero-order chi connectivity index (χ0) is 24.0. The lowest BCUT2D eigenvalue weighted by atomic mass is 9.86. The Balaban J connectivity index is 1.10. The Morgan fingerprint density at radius 3 is 2.50 bits per heavy atom. The summed E-state index contributed by atoms with van der Waals surface area (Å²) in [6.45, 7) is 9.49. The maximum atomic E-state index is 13.0. The van der Waals surface area contributed by atoms with Crippen LogP contribution >= 0.6 is 0 Å². The molecule has 5 unspecified atom stereocenters. The molecule has 6 heteroatoms. The lowest BCUT2D eigenvalue weighted by molar-refractivity contribution is -0.140. The molecule has 0 spiro atoms. The van der Waals surface area contributed by atoms with Gasteiger partial charge in [0.1, 0.15) is 0 Å². The fraction of sp³-hybridized carbons (Fsp3) is 0.643. The molecule has 3 heterocycles. The molecule has 1 saturated carbocycles. The standard InChI is InChI=1S/C28H39N3O3/c1-17(19(3)32)12-24-18(2)27(33)31(28(24)34)16-22-13-21(22)15-30-10-8-20(9-11-30)25-14-29-26-7-5-4-6-23(25)26/h4-7,14,17-22,24,29,32H,8-13,15-16H2,1-3H3/t17?,18?,19?,21-,22?,24?/m1/s1. The Kier molecular flexibility index (Phi) is 6.56. The number of carbonyl (C=O) groups excluding carboxylic acids is 2. The average Bonchev–Trinajstić information content (AvgIpc) is 3.36. The number of nitrogens with one attached hydrogen (secondary N) is 1. The van der Waals surface area contributed by atoms with E-state index in [1.807, 2.05) is 13.8 Å². The Morgan fingerprint density at radius 1 is 1.06 bits per heavy atom. The maximum absolute atomic E-state index is 13.0. The van der Waals surface area contributed by atoms with Gasteiger partial charge < -0.3 is 15.0 Å². The molecule has 2 N–H and O–H groups in total. The summed E-state index contributed by atoms with van der Waals surface area (Å²) in [5.74, 6) is 1.09. The molecule has 2 aliphatic heterocycles. The summed E-state index contributed by atoms with van der Waals surface area (Å²) in [6, 6.07) is 8.57. The van der Waals surface area contributed by atoms with Gasteiger partial charge >= 0.3 is 0 Å². The molecule has 6 atom stereocenters. The Hall–Kier alpha value is -2.18. The van der Waals surface area contributed by atoms with Crippen molar-refractivity contribution in [3.63, 3.8) is 0 Å². The third-order valence-corrected chi connectivity index (χ3v) is 8.92. The van der Waals surface area contributed by atoms with Crippen LogP contribution in [-0.4, -0.2) is 64.0 Å². The minimum Gasteiger partial charge on any atom is -0.393 e. The van der Waals surface area contributed by atoms with Gasteiger partial charge in [0.15, 0.2) is 0 Å². The molecular weight excluding hydrogens is 426 g/mol. The van der Waals surface area contributed by atoms with Gasteiger partial charge in [0.05, 0.1) is 12.0 Å². The SMILES string of the molecule is CC(O)C(C)CC1C(=O)N(CC2C[C@@H]2CN2CCC(c3c[nH]c4ccccc34)CC2)C(=O)C1C. The van der Waals surface area contributed by atoms with E-state index in [0.717, 1.165) is 26.1 Å². The number of carbonyl (C=O) groups is 2. The lowest BCUT2D eigenvalue weighted by Crippen LogP contribution is -2.36. The Morgan fingerprint density at radius 2 is 1.76 bits per heavy atom. The number of aromatic nitrogens is 1. The van der Waals surface area contributed by atoms with Crippen molar-refractivity contribution < 1.29 is 14.7 Å². The first-order valence-electron chi connectivity index (χ1n) is 13.1. The first-order chi connectivity index (χ1) is 16.3. The molecule has 5 rings (SSSR count). The number of aliphatic hydroxyl groups is 1. The van der Waals surface area contributed by atoms with Crippen molar-refractivity contribution in [2.75, 3.05) is 26.2 Å². The van der Waals surface area contributed by atoms with E-state index in [9.17, 15) is 14.7 Å². The van der Waals surface area contributed by atoms with Gasteiger partial charge in [-0.25, -0.2) is 0 Å². The fourth-order valence-electron chi connectivity index (χ4n) is 6.20. The highest BCUT2D eigenvalue weighted by Crippen LogP contribution is 2.43. The van der Waals surface area contributed by atoms with E-state index in [2.05, 4.69) is 40.3 Å². The molecule has 1 aromatic carbocycles. The summed E-state index contributed by atoms with van der Waals surface area (Å²) in [5.41, 5.74) is 2.68. The number of H-pyrrole nitrogens is 1. The molecule has 1 aromatic heterocycles. The van der Waals surface area contributed by atoms with E-state index in [4.69, 9.17) is 0 Å². The van der Waals surface area contributed by atoms with Gasteiger partial charge in [0, 0.05) is 36.1 Å². The molecule has 184 valence electrons. The Bertz CT molecular complexity index is 1040. The summed E-state index contributed by atoms with van der Waals surface area (Å²) in [5, 5.41) is 11.2. The number of hydrogen-bond donors (Lipinski definition) is 2. The maximum Gasteiger partial charge on any atom is 0.233 e. The first kappa shape index (κ1) is 23.6. The van der Waals surface area contributed by atoms with Crippen LogP contribution in [0.4, 0.5) is 0 Å². The number of benzene rings is 1. The smallest absolute Gasteiger partial charge is 0.233 e. The monoisotopic (exact) mass is 465 g/mol. The number of hydrogen-bond acceptors (Lipinski definition) is 4. The fourth-order valence-corrected chi connectivity index (χ4v) is 6.20. The van der Waals surface area contributed by atoms with Gasteiger partial charge in [0.2, 0.25) is 11.8 Å². The highest BCUT2D eigenvalue weighted by atomic mass is 16.3. The molecule has 3 fully saturated rings. The second kappa shape index (κ2) is 9.46. The van der Waals surface area contributed by atoms with Crippen molar-refractivity contribution in [2.24, 2.45) is 29.6 Å². The topological polar surface area (TPSA) is 76.6 Å². The molecule has 2 aromatic rings. The molecule has 0 radical (unpaired) electrons. The molecule has 6 nitrogen and oxygen atoms in total. The number of fused-ring (bicyclic) bond motifs is 1. The van der Waals surface area contributed by atoms with Crippen molar-refractivity contribution in [1.82, 2.24) is 14.8 Å². The number of nitrogens with zero attached hydrogens (tertiary/aromatic N) is 2. The van der Waals surface area contributed by atoms with E-state index in [1.54, 1.807) is 6.92 Å². The first-order valence-corrected chi connectivity index (χ1v) is 13.1. The molecule has 3 aliphatic rings. The van der Waals surface area contributed by atoms with Crippen molar-refractivity contribution in [2.45, 2.75) is 58.5 Å². The van der Waals surface area contributed by atoms with Crippen LogP contribution in [-0.2, 0) is 9.59 Å². The van der Waals surface area contributed by atoms with Gasteiger partial charge in [-0.05, 0) is 81.0 Å². The molecule has 2 saturated heterocycles. The molecule has 1 aliphatic carbocycles. The van der Waals surface area contributed by atoms with Gasteiger partial charge in [0.25, 0.3) is 0 Å². The van der Waals surface area contributed by atoms with Crippen LogP contribution < -0.4 is 0 Å². The van der Waals surface area contributed by atoms with Crippen molar-refractivity contribution in [1.29, 1.82) is 0 Å². The summed E-state index contributed by atoms with van der Waals surface area (Å²) in [6.07, 6.45) is 5.80. The number of likely N-dealkylation sites (tertiary alicyclic amines) is 2. The number of aliphatic hydroxyl groups excluding tert-OH is 1. The molecule has 2 amide bonds. The van der Waals surface area contributed by atoms with Crippen LogP contribution in [0.2, 0.25) is 0 Å². The summed E-state index contributed by atoms with van der Waals surface area (Å²) >= 11 is 0. The van der Waals surface area contributed by atoms with E-state index < -0.39 is 6.10 Å². The number of piperidine rings is 1. The lowest BCUT2D eigenvalue weighted by Gasteiger charge is -2.32. The van der Waals surface area contributed by atoms with E-state index in [0.29, 0.717) is 30.7 Å². The molecule has 0 bridgehead atoms. The number of amides is 2. The summed E-state index contributed by atoms with van der Waals surface area (Å²) in [7, 11) is 0. The van der Waals surface area contributed by atoms with Gasteiger partial charge in [-0.2, -0.15) is 0 Å². The van der Waals surface area contributed by atoms with Crippen LogP contribution in [0.1, 0.15) is 57.9 Å². The number of aromatic amines is 1. The largest absolute Gasteiger partial charge is 0.393 e. The number of rotatable bonds is 8. The molecule has 34 heavy (non-hydrogen) atoms. The van der Waals surface area contributed by atoms with Crippen molar-refractivity contribution in [3.8, 4) is 0 Å². The zero-order valence-electron chi connectivity index (χ0n) is 20.7. The minimum absolute atomic E-state index is 0.0158. The van der Waals surface area contributed by atoms with Crippen LogP contribution in [0.15, 0.2) is 30.5 Å². The quantitative estimate of drug-likeness (QED) is 0.578. The third kappa shape index (κ3) is 4.55. The van der Waals surface area contributed by atoms with Gasteiger partial charge in [-0.1, -0.05) is 32.0 Å². The second-order valence-electron chi connectivity index (χ2n) is 11.3. The van der Waals surface area contributed by atoms with Crippen LogP contribution in [0.5, 0.6) is 0 Å². The average molecular weight is 466 g/mol. The Labute approximate surface area is 202 Å². The van der Waals surface area contributed by atoms with Crippen LogP contribution in [0.3, 0.4) is 0 Å². The number of para-hydroxylation sites is 1. The van der Waals surface area contributed by atoms with E-state index in [1.165, 1.54) is 34.2 Å².